The summed E-state index contributed by atoms with van der Waals surface area (Å²) in [5, 5.41) is 3.63. The van der Waals surface area contributed by atoms with Crippen molar-refractivity contribution in [1.82, 2.24) is 5.32 Å². The monoisotopic (exact) mass is 199 g/mol. The van der Waals surface area contributed by atoms with Gasteiger partial charge in [0.25, 0.3) is 0 Å². The summed E-state index contributed by atoms with van der Waals surface area (Å²) in [7, 11) is 0. The molecule has 2 unspecified atom stereocenters. The van der Waals surface area contributed by atoms with Crippen LogP contribution in [-0.2, 0) is 4.74 Å². The third-order valence-electron chi connectivity index (χ3n) is 2.87. The van der Waals surface area contributed by atoms with Gasteiger partial charge in [0, 0.05) is 18.7 Å². The summed E-state index contributed by atoms with van der Waals surface area (Å²) in [6.07, 6.45) is 5.19. The summed E-state index contributed by atoms with van der Waals surface area (Å²) in [4.78, 5) is 0. The molecule has 1 fully saturated rings. The van der Waals surface area contributed by atoms with Crippen LogP contribution in [0.15, 0.2) is 0 Å². The van der Waals surface area contributed by atoms with Gasteiger partial charge in [-0.25, -0.2) is 0 Å². The molecule has 1 N–H and O–H groups in total. The highest BCUT2D eigenvalue weighted by Gasteiger charge is 2.16. The van der Waals surface area contributed by atoms with E-state index < -0.39 is 0 Å². The maximum absolute atomic E-state index is 5.34. The second-order valence-corrected chi connectivity index (χ2v) is 4.95. The number of rotatable bonds is 6. The second-order valence-electron chi connectivity index (χ2n) is 4.95. The highest BCUT2D eigenvalue weighted by atomic mass is 16.5. The van der Waals surface area contributed by atoms with Gasteiger partial charge in [0.2, 0.25) is 0 Å². The van der Waals surface area contributed by atoms with Crippen molar-refractivity contribution in [2.45, 2.75) is 58.5 Å². The van der Waals surface area contributed by atoms with Gasteiger partial charge in [0.15, 0.2) is 0 Å². The van der Waals surface area contributed by atoms with E-state index in [1.54, 1.807) is 0 Å². The van der Waals surface area contributed by atoms with Crippen molar-refractivity contribution in [1.29, 1.82) is 0 Å². The molecule has 0 aromatic heterocycles. The molecule has 0 aliphatic carbocycles. The Morgan fingerprint density at radius 1 is 1.29 bits per heavy atom. The Morgan fingerprint density at radius 2 is 2.07 bits per heavy atom. The lowest BCUT2D eigenvalue weighted by Gasteiger charge is -2.18. The Labute approximate surface area is 88.4 Å². The fourth-order valence-corrected chi connectivity index (χ4v) is 1.98. The first-order chi connectivity index (χ1) is 6.68. The van der Waals surface area contributed by atoms with Crippen LogP contribution in [0.5, 0.6) is 0 Å². The number of nitrogens with one attached hydrogen (secondary N) is 1. The molecule has 0 radical (unpaired) electrons. The highest BCUT2D eigenvalue weighted by molar-refractivity contribution is 4.74. The van der Waals surface area contributed by atoms with E-state index in [0.29, 0.717) is 12.1 Å². The van der Waals surface area contributed by atoms with Gasteiger partial charge in [0.1, 0.15) is 0 Å². The Hall–Kier alpha value is -0.0800. The molecule has 0 saturated carbocycles. The minimum absolute atomic E-state index is 0.615. The molecule has 2 heteroatoms. The van der Waals surface area contributed by atoms with Gasteiger partial charge in [-0.1, -0.05) is 26.7 Å². The van der Waals surface area contributed by atoms with Gasteiger partial charge in [-0.05, 0) is 25.7 Å². The van der Waals surface area contributed by atoms with Gasteiger partial charge >= 0.3 is 0 Å². The number of ether oxygens (including phenoxy) is 1. The van der Waals surface area contributed by atoms with E-state index in [9.17, 15) is 0 Å². The summed E-state index contributed by atoms with van der Waals surface area (Å²) in [5.74, 6) is 0.844. The summed E-state index contributed by atoms with van der Waals surface area (Å²) in [5.41, 5.74) is 0. The van der Waals surface area contributed by atoms with Crippen molar-refractivity contribution in [3.05, 3.63) is 0 Å². The normalized spacial score (nSPS) is 24.4. The van der Waals surface area contributed by atoms with E-state index in [4.69, 9.17) is 4.74 Å². The first kappa shape index (κ1) is 12.0. The minimum atomic E-state index is 0.615. The predicted molar refractivity (Wildman–Crippen MR) is 60.5 cm³/mol. The molecule has 2 nitrogen and oxygen atoms in total. The van der Waals surface area contributed by atoms with Crippen LogP contribution in [0.4, 0.5) is 0 Å². The van der Waals surface area contributed by atoms with Gasteiger partial charge in [-0.2, -0.15) is 0 Å². The third-order valence-corrected chi connectivity index (χ3v) is 2.87. The van der Waals surface area contributed by atoms with E-state index in [2.05, 4.69) is 26.1 Å². The lowest BCUT2D eigenvalue weighted by atomic mass is 10.0. The topological polar surface area (TPSA) is 21.3 Å². The second kappa shape index (κ2) is 6.41. The molecule has 84 valence electrons. The maximum Gasteiger partial charge on any atom is 0.0620 e. The average Bonchev–Trinajstić information content (AvgIpc) is 2.56. The molecule has 1 saturated heterocycles. The van der Waals surface area contributed by atoms with Crippen molar-refractivity contribution < 1.29 is 4.74 Å². The van der Waals surface area contributed by atoms with E-state index >= 15 is 0 Å². The lowest BCUT2D eigenvalue weighted by Crippen LogP contribution is -2.36. The molecule has 0 bridgehead atoms. The zero-order chi connectivity index (χ0) is 10.4. The molecule has 0 spiro atoms. The molecule has 0 aromatic carbocycles. The van der Waals surface area contributed by atoms with E-state index in [1.807, 2.05) is 0 Å². The molecular weight excluding hydrogens is 174 g/mol. The summed E-state index contributed by atoms with van der Waals surface area (Å²) in [6.45, 7) is 8.73. The van der Waals surface area contributed by atoms with Crippen LogP contribution in [0.25, 0.3) is 0 Å². The van der Waals surface area contributed by atoms with Gasteiger partial charge in [0.05, 0.1) is 6.61 Å². The maximum atomic E-state index is 5.34. The Balaban J connectivity index is 2.00. The number of hydrogen-bond donors (Lipinski definition) is 1. The van der Waals surface area contributed by atoms with Crippen LogP contribution in [0.1, 0.15) is 46.5 Å². The molecule has 1 aliphatic rings. The Bertz CT molecular complexity index is 141. The molecule has 0 aromatic rings. The van der Waals surface area contributed by atoms with Crippen LogP contribution in [0, 0.1) is 5.92 Å². The summed E-state index contributed by atoms with van der Waals surface area (Å²) in [6, 6.07) is 1.27. The van der Waals surface area contributed by atoms with E-state index in [-0.39, 0.29) is 0 Å². The summed E-state index contributed by atoms with van der Waals surface area (Å²) >= 11 is 0. The minimum Gasteiger partial charge on any atom is -0.380 e. The first-order valence-electron chi connectivity index (χ1n) is 6.02. The van der Waals surface area contributed by atoms with Gasteiger partial charge < -0.3 is 10.1 Å². The van der Waals surface area contributed by atoms with Crippen LogP contribution < -0.4 is 5.32 Å². The summed E-state index contributed by atoms with van der Waals surface area (Å²) < 4.78 is 5.34. The molecule has 1 rings (SSSR count). The first-order valence-corrected chi connectivity index (χ1v) is 6.02. The zero-order valence-corrected chi connectivity index (χ0v) is 9.88. The fourth-order valence-electron chi connectivity index (χ4n) is 1.98. The molecule has 1 heterocycles. The predicted octanol–water partition coefficient (Wildman–Crippen LogP) is 2.58. The van der Waals surface area contributed by atoms with Crippen molar-refractivity contribution in [2.75, 3.05) is 13.2 Å². The van der Waals surface area contributed by atoms with E-state index in [1.165, 1.54) is 25.7 Å². The Kier molecular flexibility index (Phi) is 5.49. The highest BCUT2D eigenvalue weighted by Crippen LogP contribution is 2.10. The smallest absolute Gasteiger partial charge is 0.0620 e. The van der Waals surface area contributed by atoms with Crippen molar-refractivity contribution in [2.24, 2.45) is 5.92 Å². The third kappa shape index (κ3) is 4.97. The molecule has 14 heavy (non-hydrogen) atoms. The number of hydrogen-bond acceptors (Lipinski definition) is 2. The van der Waals surface area contributed by atoms with Crippen LogP contribution >= 0.6 is 0 Å². The largest absolute Gasteiger partial charge is 0.380 e. The van der Waals surface area contributed by atoms with Crippen molar-refractivity contribution in [3.8, 4) is 0 Å². The zero-order valence-electron chi connectivity index (χ0n) is 9.88. The van der Waals surface area contributed by atoms with Crippen molar-refractivity contribution in [3.63, 3.8) is 0 Å². The SMILES string of the molecule is CC(C)CCCC(C)NC1CCOC1. The fraction of sp³-hybridized carbons (Fsp3) is 1.00. The molecule has 1 aliphatic heterocycles. The van der Waals surface area contributed by atoms with Crippen LogP contribution in [0.3, 0.4) is 0 Å². The van der Waals surface area contributed by atoms with Crippen molar-refractivity contribution >= 4 is 0 Å². The van der Waals surface area contributed by atoms with Gasteiger partial charge in [-0.3, -0.25) is 0 Å². The molecule has 0 amide bonds. The van der Waals surface area contributed by atoms with E-state index in [0.717, 1.165) is 19.1 Å². The van der Waals surface area contributed by atoms with Crippen LogP contribution in [0.2, 0.25) is 0 Å². The molecule has 2 atom stereocenters. The molecular formula is C12H25NO. The quantitative estimate of drug-likeness (QED) is 0.710. The standard InChI is InChI=1S/C12H25NO/c1-10(2)5-4-6-11(3)13-12-7-8-14-9-12/h10-13H,4-9H2,1-3H3. The van der Waals surface area contributed by atoms with Gasteiger partial charge in [-0.15, -0.1) is 0 Å². The Morgan fingerprint density at radius 3 is 2.64 bits per heavy atom. The lowest BCUT2D eigenvalue weighted by molar-refractivity contribution is 0.188. The average molecular weight is 199 g/mol. The van der Waals surface area contributed by atoms with Crippen LogP contribution in [-0.4, -0.2) is 25.3 Å².